The fraction of sp³-hybridized carbons (Fsp3) is 0.188. The molecular weight excluding hydrogens is 258 g/mol. The van der Waals surface area contributed by atoms with Gasteiger partial charge in [-0.25, -0.2) is 0 Å². The number of halogens is 1. The summed E-state index contributed by atoms with van der Waals surface area (Å²) in [6, 6.07) is 17.6. The van der Waals surface area contributed by atoms with Gasteiger partial charge in [0.05, 0.1) is 18.6 Å². The summed E-state index contributed by atoms with van der Waals surface area (Å²) in [5, 5.41) is 18.8. The molecule has 1 N–H and O–H groups in total. The minimum absolute atomic E-state index is 0.166. The zero-order valence-corrected chi connectivity index (χ0v) is 11.1. The molecule has 0 amide bonds. The van der Waals surface area contributed by atoms with Gasteiger partial charge in [0.1, 0.15) is 0 Å². The molecule has 3 heteroatoms. The van der Waals surface area contributed by atoms with E-state index in [-0.39, 0.29) is 6.42 Å². The summed E-state index contributed by atoms with van der Waals surface area (Å²) >= 11 is 5.86. The van der Waals surface area contributed by atoms with E-state index in [4.69, 9.17) is 16.9 Å². The van der Waals surface area contributed by atoms with Crippen molar-refractivity contribution < 1.29 is 5.11 Å². The average molecular weight is 272 g/mol. The van der Waals surface area contributed by atoms with Crippen molar-refractivity contribution in [2.75, 3.05) is 0 Å². The van der Waals surface area contributed by atoms with Gasteiger partial charge in [-0.15, -0.1) is 0 Å². The van der Waals surface area contributed by atoms with Crippen molar-refractivity contribution in [2.24, 2.45) is 0 Å². The number of hydrogen-bond acceptors (Lipinski definition) is 2. The predicted molar refractivity (Wildman–Crippen MR) is 76.8 cm³/mol. The minimum Gasteiger partial charge on any atom is -0.392 e. The highest BCUT2D eigenvalue weighted by atomic mass is 35.5. The molecule has 0 unspecified atom stereocenters. The van der Waals surface area contributed by atoms with E-state index in [0.717, 1.165) is 21.7 Å². The molecule has 2 aromatic carbocycles. The Balaban J connectivity index is 2.10. The van der Waals surface area contributed by atoms with Crippen molar-refractivity contribution in [3.8, 4) is 17.2 Å². The van der Waals surface area contributed by atoms with Crippen molar-refractivity contribution in [1.82, 2.24) is 0 Å². The molecule has 0 aliphatic heterocycles. The second kappa shape index (κ2) is 6.38. The van der Waals surface area contributed by atoms with Crippen LogP contribution in [0.5, 0.6) is 0 Å². The van der Waals surface area contributed by atoms with E-state index in [9.17, 15) is 5.11 Å². The smallest absolute Gasteiger partial charge is 0.0710 e. The number of aliphatic hydroxyl groups is 1. The molecule has 0 aliphatic carbocycles. The third-order valence-electron chi connectivity index (χ3n) is 2.93. The quantitative estimate of drug-likeness (QED) is 0.919. The van der Waals surface area contributed by atoms with E-state index in [1.165, 1.54) is 0 Å². The highest BCUT2D eigenvalue weighted by Gasteiger charge is 2.05. The molecule has 0 spiro atoms. The molecule has 0 bridgehead atoms. The van der Waals surface area contributed by atoms with Crippen LogP contribution in [0.25, 0.3) is 11.1 Å². The Bertz CT molecular complexity index is 569. The monoisotopic (exact) mass is 271 g/mol. The lowest BCUT2D eigenvalue weighted by molar-refractivity contribution is 0.180. The van der Waals surface area contributed by atoms with Crippen LogP contribution in [0, 0.1) is 11.3 Å². The summed E-state index contributed by atoms with van der Waals surface area (Å²) in [5.41, 5.74) is 3.24. The number of nitrogens with zero attached hydrogens (tertiary/aromatic N) is 1. The van der Waals surface area contributed by atoms with E-state index in [0.29, 0.717) is 6.42 Å². The van der Waals surface area contributed by atoms with Crippen molar-refractivity contribution in [3.63, 3.8) is 0 Å². The van der Waals surface area contributed by atoms with E-state index in [1.54, 1.807) is 0 Å². The number of aliphatic hydroxyl groups excluding tert-OH is 1. The first-order valence-electron chi connectivity index (χ1n) is 6.09. The van der Waals surface area contributed by atoms with Gasteiger partial charge in [0.15, 0.2) is 0 Å². The van der Waals surface area contributed by atoms with Gasteiger partial charge in [-0.05, 0) is 35.2 Å². The first kappa shape index (κ1) is 13.6. The maximum Gasteiger partial charge on any atom is 0.0710 e. The molecule has 0 aromatic heterocycles. The van der Waals surface area contributed by atoms with Gasteiger partial charge in [0, 0.05) is 5.02 Å². The van der Waals surface area contributed by atoms with Crippen molar-refractivity contribution in [2.45, 2.75) is 18.9 Å². The standard InChI is InChI=1S/C16H14ClNO/c17-15-7-5-14(6-8-15)13-3-1-12(2-4-13)11-16(19)9-10-18/h1-8,16,19H,9,11H2/t16-/m1/s1. The van der Waals surface area contributed by atoms with Gasteiger partial charge >= 0.3 is 0 Å². The lowest BCUT2D eigenvalue weighted by Crippen LogP contribution is -2.08. The van der Waals surface area contributed by atoms with E-state index >= 15 is 0 Å². The largest absolute Gasteiger partial charge is 0.392 e. The summed E-state index contributed by atoms with van der Waals surface area (Å²) in [5.74, 6) is 0. The van der Waals surface area contributed by atoms with Crippen LogP contribution in [0.1, 0.15) is 12.0 Å². The molecule has 0 radical (unpaired) electrons. The topological polar surface area (TPSA) is 44.0 Å². The lowest BCUT2D eigenvalue weighted by Gasteiger charge is -2.08. The van der Waals surface area contributed by atoms with Crippen LogP contribution in [0.15, 0.2) is 48.5 Å². The molecule has 96 valence electrons. The lowest BCUT2D eigenvalue weighted by atomic mass is 10.0. The normalized spacial score (nSPS) is 11.8. The van der Waals surface area contributed by atoms with Crippen LogP contribution >= 0.6 is 11.6 Å². The molecule has 2 nitrogen and oxygen atoms in total. The van der Waals surface area contributed by atoms with Gasteiger partial charge < -0.3 is 5.11 Å². The summed E-state index contributed by atoms with van der Waals surface area (Å²) in [7, 11) is 0. The van der Waals surface area contributed by atoms with Crippen LogP contribution in [0.2, 0.25) is 5.02 Å². The second-order valence-corrected chi connectivity index (χ2v) is 4.86. The summed E-state index contributed by atoms with van der Waals surface area (Å²) in [4.78, 5) is 0. The summed E-state index contributed by atoms with van der Waals surface area (Å²) < 4.78 is 0. The zero-order chi connectivity index (χ0) is 13.7. The van der Waals surface area contributed by atoms with E-state index in [2.05, 4.69) is 0 Å². The van der Waals surface area contributed by atoms with Crippen LogP contribution < -0.4 is 0 Å². The van der Waals surface area contributed by atoms with Crippen LogP contribution in [-0.2, 0) is 6.42 Å². The highest BCUT2D eigenvalue weighted by Crippen LogP contribution is 2.22. The number of benzene rings is 2. The van der Waals surface area contributed by atoms with Gasteiger partial charge in [0.2, 0.25) is 0 Å². The molecule has 1 atom stereocenters. The van der Waals surface area contributed by atoms with Crippen LogP contribution in [0.4, 0.5) is 0 Å². The summed E-state index contributed by atoms with van der Waals surface area (Å²) in [6.45, 7) is 0. The van der Waals surface area contributed by atoms with Gasteiger partial charge in [-0.2, -0.15) is 5.26 Å². The van der Waals surface area contributed by atoms with Gasteiger partial charge in [-0.1, -0.05) is 48.0 Å². The predicted octanol–water partition coefficient (Wildman–Crippen LogP) is 3.82. The fourth-order valence-corrected chi connectivity index (χ4v) is 2.05. The molecule has 2 aromatic rings. The summed E-state index contributed by atoms with van der Waals surface area (Å²) in [6.07, 6.45) is 0.0827. The Morgan fingerprint density at radius 2 is 1.53 bits per heavy atom. The molecule has 19 heavy (non-hydrogen) atoms. The molecular formula is C16H14ClNO. The van der Waals surface area contributed by atoms with Crippen LogP contribution in [0.3, 0.4) is 0 Å². The van der Waals surface area contributed by atoms with E-state index in [1.807, 2.05) is 54.6 Å². The molecule has 0 fully saturated rings. The fourth-order valence-electron chi connectivity index (χ4n) is 1.93. The molecule has 0 aliphatic rings. The Kier molecular flexibility index (Phi) is 4.57. The average Bonchev–Trinajstić information content (AvgIpc) is 2.41. The first-order valence-corrected chi connectivity index (χ1v) is 6.47. The molecule has 0 heterocycles. The Morgan fingerprint density at radius 1 is 1.00 bits per heavy atom. The van der Waals surface area contributed by atoms with Crippen LogP contribution in [-0.4, -0.2) is 11.2 Å². The highest BCUT2D eigenvalue weighted by molar-refractivity contribution is 6.30. The third kappa shape index (κ3) is 3.82. The van der Waals surface area contributed by atoms with Crippen molar-refractivity contribution in [3.05, 3.63) is 59.1 Å². The Labute approximate surface area is 117 Å². The number of rotatable bonds is 4. The van der Waals surface area contributed by atoms with E-state index < -0.39 is 6.10 Å². The minimum atomic E-state index is -0.591. The molecule has 2 rings (SSSR count). The SMILES string of the molecule is N#CC[C@@H](O)Cc1ccc(-c2ccc(Cl)cc2)cc1. The van der Waals surface area contributed by atoms with Gasteiger partial charge in [0.25, 0.3) is 0 Å². The van der Waals surface area contributed by atoms with Crippen molar-refractivity contribution >= 4 is 11.6 Å². The Morgan fingerprint density at radius 3 is 2.05 bits per heavy atom. The maximum absolute atomic E-state index is 9.58. The maximum atomic E-state index is 9.58. The molecule has 0 saturated carbocycles. The number of nitriles is 1. The Hall–Kier alpha value is -1.82. The zero-order valence-electron chi connectivity index (χ0n) is 10.4. The number of hydrogen-bond donors (Lipinski definition) is 1. The molecule has 0 saturated heterocycles. The third-order valence-corrected chi connectivity index (χ3v) is 3.18. The van der Waals surface area contributed by atoms with Gasteiger partial charge in [-0.3, -0.25) is 0 Å². The van der Waals surface area contributed by atoms with Crippen molar-refractivity contribution in [1.29, 1.82) is 5.26 Å². The second-order valence-electron chi connectivity index (χ2n) is 4.42. The first-order chi connectivity index (χ1) is 9.19.